The Morgan fingerprint density at radius 3 is 2.28 bits per heavy atom. The molecule has 5 rings (SSSR count). The molecule has 1 saturated carbocycles. The third-order valence-corrected chi connectivity index (χ3v) is 9.50. The summed E-state index contributed by atoms with van der Waals surface area (Å²) in [5.41, 5.74) is 3.01. The summed E-state index contributed by atoms with van der Waals surface area (Å²) in [5, 5.41) is 13.0. The highest BCUT2D eigenvalue weighted by Gasteiger charge is 2.34. The Morgan fingerprint density at radius 2 is 1.62 bits per heavy atom. The number of amides is 4. The molecule has 2 aromatic carbocycles. The minimum absolute atomic E-state index is 0.0465. The number of likely N-dealkylation sites (N-methyl/N-ethyl adjacent to an activating group) is 1. The van der Waals surface area contributed by atoms with E-state index in [1.165, 1.54) is 4.68 Å². The lowest BCUT2D eigenvalue weighted by molar-refractivity contribution is -0.138. The Bertz CT molecular complexity index is 1520. The molecule has 250 valence electrons. The lowest BCUT2D eigenvalue weighted by Gasteiger charge is -2.41. The number of piperazine rings is 1. The van der Waals surface area contributed by atoms with E-state index in [0.717, 1.165) is 49.8 Å². The van der Waals surface area contributed by atoms with Crippen molar-refractivity contribution in [2.75, 3.05) is 32.0 Å². The third-order valence-electron chi connectivity index (χ3n) is 9.50. The van der Waals surface area contributed by atoms with Gasteiger partial charge in [0.15, 0.2) is 0 Å². The number of carbonyl (C=O) groups is 4. The van der Waals surface area contributed by atoms with E-state index >= 15 is 0 Å². The van der Waals surface area contributed by atoms with E-state index in [9.17, 15) is 19.2 Å². The van der Waals surface area contributed by atoms with E-state index in [-0.39, 0.29) is 42.0 Å². The van der Waals surface area contributed by atoms with Crippen LogP contribution in [0.3, 0.4) is 0 Å². The molecule has 0 radical (unpaired) electrons. The molecule has 2 heterocycles. The number of aryl methyl sites for hydroxylation is 1. The topological polar surface area (TPSA) is 129 Å². The van der Waals surface area contributed by atoms with Gasteiger partial charge in [-0.3, -0.25) is 28.8 Å². The second-order valence-corrected chi connectivity index (χ2v) is 12.7. The van der Waals surface area contributed by atoms with Crippen LogP contribution in [-0.4, -0.2) is 82.0 Å². The van der Waals surface area contributed by atoms with Gasteiger partial charge in [0.05, 0.1) is 6.04 Å². The van der Waals surface area contributed by atoms with E-state index in [1.54, 1.807) is 38.4 Å². The van der Waals surface area contributed by atoms with Crippen molar-refractivity contribution in [1.82, 2.24) is 30.2 Å². The molecule has 2 aliphatic rings. The molecule has 3 atom stereocenters. The van der Waals surface area contributed by atoms with Gasteiger partial charge in [0.25, 0.3) is 5.91 Å². The van der Waals surface area contributed by atoms with Crippen LogP contribution in [0, 0.1) is 5.92 Å². The maximum atomic E-state index is 13.9. The van der Waals surface area contributed by atoms with Crippen molar-refractivity contribution in [3.63, 3.8) is 0 Å². The summed E-state index contributed by atoms with van der Waals surface area (Å²) in [6, 6.07) is 17.8. The number of nitrogens with zero attached hydrogens (tertiary/aromatic N) is 4. The molecule has 1 saturated heterocycles. The van der Waals surface area contributed by atoms with Crippen LogP contribution < -0.4 is 16.0 Å². The summed E-state index contributed by atoms with van der Waals surface area (Å²) < 4.78 is 1.50. The monoisotopic (exact) mass is 641 g/mol. The normalized spacial score (nSPS) is 18.6. The number of benzene rings is 2. The Morgan fingerprint density at radius 1 is 0.894 bits per heavy atom. The van der Waals surface area contributed by atoms with E-state index in [0.29, 0.717) is 30.9 Å². The van der Waals surface area contributed by atoms with Gasteiger partial charge in [0, 0.05) is 51.4 Å². The quantitative estimate of drug-likeness (QED) is 0.293. The molecular formula is C36H47N7O4. The van der Waals surface area contributed by atoms with Crippen LogP contribution >= 0.6 is 0 Å². The third kappa shape index (κ3) is 8.65. The number of nitrogens with one attached hydrogen (secondary N) is 3. The zero-order valence-corrected chi connectivity index (χ0v) is 27.7. The van der Waals surface area contributed by atoms with Gasteiger partial charge in [0.1, 0.15) is 17.8 Å². The first-order chi connectivity index (χ1) is 22.7. The minimum atomic E-state index is -0.708. The van der Waals surface area contributed by atoms with Crippen molar-refractivity contribution in [3.05, 3.63) is 83.7 Å². The number of rotatable bonds is 11. The largest absolute Gasteiger partial charge is 0.344 e. The molecule has 1 aromatic heterocycles. The van der Waals surface area contributed by atoms with Crippen LogP contribution in [-0.2, 0) is 27.9 Å². The van der Waals surface area contributed by atoms with E-state index in [4.69, 9.17) is 0 Å². The standard InChI is InChI=1S/C36H47N7O4/c1-4-32(44)39-29(36(47)43-22-21-41(2)31(24-43)26-11-7-5-8-12-26)23-25-15-17-28(18-16-25)38-35(46)33(27-13-9-6-10-14-27)40-34(45)30-19-20-37-42(30)3/h5,7-8,11-12,15-20,27,29,31,33H,4,6,9-10,13-14,21-24H2,1-3H3,(H,38,46)(H,39,44)(H,40,45)/t29-,31?,33+/m1/s1. The summed E-state index contributed by atoms with van der Waals surface area (Å²) in [6.07, 6.45) is 7.11. The number of anilines is 1. The summed E-state index contributed by atoms with van der Waals surface area (Å²) in [4.78, 5) is 57.1. The molecule has 2 fully saturated rings. The van der Waals surface area contributed by atoms with Crippen molar-refractivity contribution in [2.45, 2.75) is 70.0 Å². The van der Waals surface area contributed by atoms with Crippen LogP contribution in [0.15, 0.2) is 66.9 Å². The second-order valence-electron chi connectivity index (χ2n) is 12.7. The Kier molecular flexibility index (Phi) is 11.4. The number of aromatic nitrogens is 2. The highest BCUT2D eigenvalue weighted by molar-refractivity contribution is 6.00. The molecule has 47 heavy (non-hydrogen) atoms. The zero-order valence-electron chi connectivity index (χ0n) is 27.7. The Balaban J connectivity index is 1.26. The molecule has 3 aromatic rings. The first kappa shape index (κ1) is 33.8. The average Bonchev–Trinajstić information content (AvgIpc) is 3.54. The molecule has 4 amide bonds. The summed E-state index contributed by atoms with van der Waals surface area (Å²) in [7, 11) is 3.77. The van der Waals surface area contributed by atoms with Crippen LogP contribution in [0.5, 0.6) is 0 Å². The van der Waals surface area contributed by atoms with E-state index < -0.39 is 12.1 Å². The number of carbonyl (C=O) groups excluding carboxylic acids is 4. The van der Waals surface area contributed by atoms with Crippen LogP contribution in [0.1, 0.15) is 73.1 Å². The van der Waals surface area contributed by atoms with Gasteiger partial charge in [0.2, 0.25) is 17.7 Å². The van der Waals surface area contributed by atoms with Gasteiger partial charge in [-0.1, -0.05) is 68.7 Å². The lowest BCUT2D eigenvalue weighted by atomic mass is 9.83. The maximum absolute atomic E-state index is 13.9. The number of hydrogen-bond acceptors (Lipinski definition) is 6. The van der Waals surface area contributed by atoms with E-state index in [1.807, 2.05) is 35.2 Å². The smallest absolute Gasteiger partial charge is 0.270 e. The van der Waals surface area contributed by atoms with Crippen LogP contribution in [0.25, 0.3) is 0 Å². The highest BCUT2D eigenvalue weighted by Crippen LogP contribution is 2.28. The molecule has 1 aliphatic carbocycles. The van der Waals surface area contributed by atoms with Gasteiger partial charge in [-0.15, -0.1) is 0 Å². The lowest BCUT2D eigenvalue weighted by Crippen LogP contribution is -2.55. The molecule has 11 nitrogen and oxygen atoms in total. The Hall–Kier alpha value is -4.51. The van der Waals surface area contributed by atoms with E-state index in [2.05, 4.69) is 45.1 Å². The van der Waals surface area contributed by atoms with Crippen molar-refractivity contribution < 1.29 is 19.2 Å². The number of hydrogen-bond donors (Lipinski definition) is 3. The van der Waals surface area contributed by atoms with Gasteiger partial charge >= 0.3 is 0 Å². The van der Waals surface area contributed by atoms with Crippen molar-refractivity contribution in [2.24, 2.45) is 13.0 Å². The summed E-state index contributed by atoms with van der Waals surface area (Å²) >= 11 is 0. The van der Waals surface area contributed by atoms with Crippen molar-refractivity contribution in [1.29, 1.82) is 0 Å². The SMILES string of the molecule is CCC(=O)N[C@H](Cc1ccc(NC(=O)[C@@H](NC(=O)c2ccnn2C)C2CCCCC2)cc1)C(=O)N1CCN(C)C(c2ccccc2)C1. The van der Waals surface area contributed by atoms with Crippen molar-refractivity contribution in [3.8, 4) is 0 Å². The van der Waals surface area contributed by atoms with Crippen LogP contribution in [0.4, 0.5) is 5.69 Å². The highest BCUT2D eigenvalue weighted by atomic mass is 16.2. The fourth-order valence-corrected chi connectivity index (χ4v) is 6.68. The van der Waals surface area contributed by atoms with Gasteiger partial charge in [-0.25, -0.2) is 0 Å². The average molecular weight is 642 g/mol. The molecular weight excluding hydrogens is 594 g/mol. The van der Waals surface area contributed by atoms with Crippen molar-refractivity contribution >= 4 is 29.3 Å². The summed E-state index contributed by atoms with van der Waals surface area (Å²) in [5.74, 6) is -0.816. The first-order valence-electron chi connectivity index (χ1n) is 16.8. The van der Waals surface area contributed by atoms with Gasteiger partial charge in [-0.2, -0.15) is 5.10 Å². The predicted molar refractivity (Wildman–Crippen MR) is 180 cm³/mol. The predicted octanol–water partition coefficient (Wildman–Crippen LogP) is 3.69. The van der Waals surface area contributed by atoms with Crippen LogP contribution in [0.2, 0.25) is 0 Å². The molecule has 0 bridgehead atoms. The first-order valence-corrected chi connectivity index (χ1v) is 16.8. The van der Waals surface area contributed by atoms with Gasteiger partial charge in [-0.05, 0) is 55.1 Å². The second kappa shape index (κ2) is 15.9. The van der Waals surface area contributed by atoms with Gasteiger partial charge < -0.3 is 20.9 Å². The zero-order chi connectivity index (χ0) is 33.3. The minimum Gasteiger partial charge on any atom is -0.344 e. The molecule has 0 spiro atoms. The molecule has 3 N–H and O–H groups in total. The fourth-order valence-electron chi connectivity index (χ4n) is 6.68. The maximum Gasteiger partial charge on any atom is 0.270 e. The Labute approximate surface area is 277 Å². The molecule has 1 aliphatic heterocycles. The molecule has 1 unspecified atom stereocenters. The fraction of sp³-hybridized carbons (Fsp3) is 0.472. The summed E-state index contributed by atoms with van der Waals surface area (Å²) in [6.45, 7) is 3.64. The molecule has 11 heteroatoms.